The topological polar surface area (TPSA) is 145 Å². The Kier molecular flexibility index (Phi) is 6.68. The first kappa shape index (κ1) is 20.3. The summed E-state index contributed by atoms with van der Waals surface area (Å²) in [5.74, 6) is 0.599. The van der Waals surface area contributed by atoms with Gasteiger partial charge in [0.05, 0.1) is 18.3 Å². The highest BCUT2D eigenvalue weighted by atomic mass is 16.5. The van der Waals surface area contributed by atoms with Crippen LogP contribution in [0.25, 0.3) is 11.4 Å². The molecule has 0 bridgehead atoms. The Labute approximate surface area is 162 Å². The van der Waals surface area contributed by atoms with Crippen LogP contribution in [0.4, 0.5) is 0 Å². The molecule has 2 aliphatic heterocycles. The van der Waals surface area contributed by atoms with E-state index in [0.29, 0.717) is 12.2 Å². The summed E-state index contributed by atoms with van der Waals surface area (Å²) >= 11 is 0. The highest BCUT2D eigenvalue weighted by Crippen LogP contribution is 2.35. The predicted molar refractivity (Wildman–Crippen MR) is 98.1 cm³/mol. The van der Waals surface area contributed by atoms with Gasteiger partial charge in [0.1, 0.15) is 6.10 Å². The Morgan fingerprint density at radius 2 is 1.89 bits per heavy atom. The SMILES string of the molecule is O=CO.O[C@@H]1CC2(CCN(Cc3ccc(-c4nn[nH]n4)cc3)CC2)OC[C@@H]1O. The van der Waals surface area contributed by atoms with Crippen molar-refractivity contribution >= 4 is 6.47 Å². The zero-order valence-corrected chi connectivity index (χ0v) is 15.4. The Balaban J connectivity index is 0.000000706. The molecule has 4 N–H and O–H groups in total. The minimum absolute atomic E-state index is 0.235. The lowest BCUT2D eigenvalue weighted by molar-refractivity contribution is -0.188. The average molecular weight is 391 g/mol. The molecule has 152 valence electrons. The molecule has 10 nitrogen and oxygen atoms in total. The average Bonchev–Trinajstić information content (AvgIpc) is 3.23. The molecule has 2 saturated heterocycles. The summed E-state index contributed by atoms with van der Waals surface area (Å²) < 4.78 is 5.89. The summed E-state index contributed by atoms with van der Waals surface area (Å²) in [6.45, 7) is 2.72. The van der Waals surface area contributed by atoms with Crippen LogP contribution in [-0.2, 0) is 16.1 Å². The van der Waals surface area contributed by atoms with E-state index in [0.717, 1.165) is 38.0 Å². The first-order valence-electron chi connectivity index (χ1n) is 9.18. The van der Waals surface area contributed by atoms with Crippen LogP contribution >= 0.6 is 0 Å². The van der Waals surface area contributed by atoms with Crippen molar-refractivity contribution < 1.29 is 24.9 Å². The van der Waals surface area contributed by atoms with Gasteiger partial charge < -0.3 is 20.1 Å². The van der Waals surface area contributed by atoms with Crippen molar-refractivity contribution in [1.82, 2.24) is 25.5 Å². The number of hydrogen-bond donors (Lipinski definition) is 4. The number of likely N-dealkylation sites (tertiary alicyclic amines) is 1. The number of benzene rings is 1. The van der Waals surface area contributed by atoms with Crippen LogP contribution in [0.1, 0.15) is 24.8 Å². The predicted octanol–water partition coefficient (Wildman–Crippen LogP) is 0.0442. The molecular weight excluding hydrogens is 366 g/mol. The monoisotopic (exact) mass is 391 g/mol. The van der Waals surface area contributed by atoms with Crippen LogP contribution < -0.4 is 0 Å². The first-order chi connectivity index (χ1) is 13.5. The van der Waals surface area contributed by atoms with Crippen LogP contribution in [-0.4, -0.2) is 84.8 Å². The lowest BCUT2D eigenvalue weighted by Gasteiger charge is -2.46. The molecule has 0 saturated carbocycles. The number of carboxylic acid groups (broad SMARTS) is 1. The van der Waals surface area contributed by atoms with E-state index >= 15 is 0 Å². The number of tetrazole rings is 1. The van der Waals surface area contributed by atoms with E-state index in [4.69, 9.17) is 14.6 Å². The van der Waals surface area contributed by atoms with Gasteiger partial charge in [0.25, 0.3) is 6.47 Å². The number of ether oxygens (including phenoxy) is 1. The van der Waals surface area contributed by atoms with Crippen molar-refractivity contribution in [2.75, 3.05) is 19.7 Å². The van der Waals surface area contributed by atoms with Gasteiger partial charge in [0.15, 0.2) is 0 Å². The van der Waals surface area contributed by atoms with E-state index in [1.807, 2.05) is 12.1 Å². The Hall–Kier alpha value is -2.40. The van der Waals surface area contributed by atoms with Gasteiger partial charge in [-0.05, 0) is 23.6 Å². The van der Waals surface area contributed by atoms with Crippen LogP contribution in [0.15, 0.2) is 24.3 Å². The maximum Gasteiger partial charge on any atom is 0.290 e. The highest BCUT2D eigenvalue weighted by Gasteiger charge is 2.42. The van der Waals surface area contributed by atoms with Gasteiger partial charge in [0, 0.05) is 31.6 Å². The van der Waals surface area contributed by atoms with E-state index in [1.54, 1.807) is 0 Å². The molecular formula is C18H25N5O5. The molecule has 2 fully saturated rings. The van der Waals surface area contributed by atoms with Crippen LogP contribution in [0.5, 0.6) is 0 Å². The van der Waals surface area contributed by atoms with Crippen molar-refractivity contribution in [3.8, 4) is 11.4 Å². The summed E-state index contributed by atoms with van der Waals surface area (Å²) in [5.41, 5.74) is 1.92. The Morgan fingerprint density at radius 3 is 2.46 bits per heavy atom. The molecule has 0 unspecified atom stereocenters. The molecule has 3 heterocycles. The maximum absolute atomic E-state index is 9.94. The van der Waals surface area contributed by atoms with E-state index in [-0.39, 0.29) is 18.7 Å². The first-order valence-corrected chi connectivity index (χ1v) is 9.18. The molecule has 2 atom stereocenters. The number of nitrogens with zero attached hydrogens (tertiary/aromatic N) is 4. The van der Waals surface area contributed by atoms with Gasteiger partial charge in [-0.25, -0.2) is 0 Å². The summed E-state index contributed by atoms with van der Waals surface area (Å²) in [5, 5.41) is 40.5. The number of hydrogen-bond acceptors (Lipinski definition) is 8. The smallest absolute Gasteiger partial charge is 0.290 e. The highest BCUT2D eigenvalue weighted by molar-refractivity contribution is 5.54. The molecule has 2 aromatic rings. The number of piperidine rings is 1. The number of rotatable bonds is 3. The van der Waals surface area contributed by atoms with Crippen LogP contribution in [0.2, 0.25) is 0 Å². The lowest BCUT2D eigenvalue weighted by Crippen LogP contribution is -2.54. The second-order valence-corrected chi connectivity index (χ2v) is 7.15. The van der Waals surface area contributed by atoms with Gasteiger partial charge in [-0.3, -0.25) is 9.69 Å². The fourth-order valence-electron chi connectivity index (χ4n) is 3.72. The second-order valence-electron chi connectivity index (χ2n) is 7.15. The van der Waals surface area contributed by atoms with E-state index in [9.17, 15) is 10.2 Å². The van der Waals surface area contributed by atoms with Gasteiger partial charge >= 0.3 is 0 Å². The minimum Gasteiger partial charge on any atom is -0.483 e. The van der Waals surface area contributed by atoms with E-state index < -0.39 is 12.2 Å². The van der Waals surface area contributed by atoms with Crippen LogP contribution in [0.3, 0.4) is 0 Å². The molecule has 10 heteroatoms. The molecule has 1 aromatic heterocycles. The van der Waals surface area contributed by atoms with Crippen LogP contribution in [0, 0.1) is 0 Å². The fraction of sp³-hybridized carbons (Fsp3) is 0.556. The maximum atomic E-state index is 9.94. The molecule has 2 aliphatic rings. The van der Waals surface area contributed by atoms with Gasteiger partial charge in [0.2, 0.25) is 5.82 Å². The van der Waals surface area contributed by atoms with Crippen molar-refractivity contribution in [2.45, 2.75) is 43.6 Å². The minimum atomic E-state index is -0.749. The molecule has 1 spiro atoms. The third-order valence-electron chi connectivity index (χ3n) is 5.32. The number of aromatic nitrogens is 4. The number of nitrogens with one attached hydrogen (secondary N) is 1. The van der Waals surface area contributed by atoms with Crippen molar-refractivity contribution in [3.63, 3.8) is 0 Å². The molecule has 0 aliphatic carbocycles. The van der Waals surface area contributed by atoms with Crippen molar-refractivity contribution in [2.24, 2.45) is 0 Å². The fourth-order valence-corrected chi connectivity index (χ4v) is 3.72. The zero-order chi connectivity index (χ0) is 20.0. The Bertz CT molecular complexity index is 731. The number of aliphatic hydroxyl groups is 2. The number of H-pyrrole nitrogens is 1. The molecule has 0 radical (unpaired) electrons. The van der Waals surface area contributed by atoms with Gasteiger partial charge in [-0.15, -0.1) is 10.2 Å². The molecule has 28 heavy (non-hydrogen) atoms. The number of aromatic amines is 1. The Morgan fingerprint density at radius 1 is 1.21 bits per heavy atom. The number of carbonyl (C=O) groups is 1. The third-order valence-corrected chi connectivity index (χ3v) is 5.32. The zero-order valence-electron chi connectivity index (χ0n) is 15.4. The largest absolute Gasteiger partial charge is 0.483 e. The summed E-state index contributed by atoms with van der Waals surface area (Å²) in [4.78, 5) is 10.8. The lowest BCUT2D eigenvalue weighted by atomic mass is 9.82. The van der Waals surface area contributed by atoms with Crippen molar-refractivity contribution in [1.29, 1.82) is 0 Å². The normalized spacial score (nSPS) is 24.4. The summed E-state index contributed by atoms with van der Waals surface area (Å²) in [6.07, 6.45) is 0.885. The second kappa shape index (κ2) is 9.20. The van der Waals surface area contributed by atoms with E-state index in [1.165, 1.54) is 5.56 Å². The quantitative estimate of drug-likeness (QED) is 0.533. The van der Waals surface area contributed by atoms with Crippen molar-refractivity contribution in [3.05, 3.63) is 29.8 Å². The van der Waals surface area contributed by atoms with E-state index in [2.05, 4.69) is 37.7 Å². The molecule has 4 rings (SSSR count). The van der Waals surface area contributed by atoms with Gasteiger partial charge in [-0.2, -0.15) is 5.21 Å². The standard InChI is InChI=1S/C17H23N5O3.CH2O2/c23-14-9-17(25-11-15(14)24)5-7-22(8-6-17)10-12-1-3-13(4-2-12)16-18-20-21-19-16;2-1-3/h1-4,14-15,23-24H,5-11H2,(H,18,19,20,21);1H,(H,2,3)/t14-,15+;/m1./s1. The molecule has 0 amide bonds. The van der Waals surface area contributed by atoms with Gasteiger partial charge in [-0.1, -0.05) is 24.3 Å². The third kappa shape index (κ3) is 4.90. The number of aliphatic hydroxyl groups excluding tert-OH is 2. The summed E-state index contributed by atoms with van der Waals surface area (Å²) in [7, 11) is 0. The summed E-state index contributed by atoms with van der Waals surface area (Å²) in [6, 6.07) is 8.20. The molecule has 1 aromatic carbocycles.